The van der Waals surface area contributed by atoms with Crippen molar-refractivity contribution in [2.24, 2.45) is 0 Å². The van der Waals surface area contributed by atoms with Gasteiger partial charge in [0.05, 0.1) is 13.2 Å². The summed E-state index contributed by atoms with van der Waals surface area (Å²) in [4.78, 5) is 25.7. The van der Waals surface area contributed by atoms with Crippen LogP contribution in [0.5, 0.6) is 0 Å². The quantitative estimate of drug-likeness (QED) is 0.426. The van der Waals surface area contributed by atoms with E-state index in [0.717, 1.165) is 56.8 Å². The second-order valence-electron chi connectivity index (χ2n) is 9.06. The Labute approximate surface area is 200 Å². The topological polar surface area (TPSA) is 56.2 Å². The van der Waals surface area contributed by atoms with E-state index in [2.05, 4.69) is 50.1 Å². The van der Waals surface area contributed by atoms with Crippen LogP contribution >= 0.6 is 0 Å². The fourth-order valence-corrected chi connectivity index (χ4v) is 4.96. The summed E-state index contributed by atoms with van der Waals surface area (Å²) in [5.41, 5.74) is 5.31. The average molecular weight is 458 g/mol. The Morgan fingerprint density at radius 1 is 0.971 bits per heavy atom. The molecule has 2 aliphatic rings. The van der Waals surface area contributed by atoms with Crippen LogP contribution in [0.2, 0.25) is 0 Å². The minimum absolute atomic E-state index is 0.0328. The van der Waals surface area contributed by atoms with Crippen LogP contribution in [-0.2, 0) is 16.0 Å². The van der Waals surface area contributed by atoms with Gasteiger partial charge in [-0.3, -0.25) is 9.69 Å². The first kappa shape index (κ1) is 22.5. The average Bonchev–Trinajstić information content (AvgIpc) is 3.29. The van der Waals surface area contributed by atoms with Crippen molar-refractivity contribution in [2.45, 2.75) is 19.3 Å². The number of benzene rings is 2. The molecule has 0 spiro atoms. The Kier molecular flexibility index (Phi) is 6.79. The molecule has 0 saturated carbocycles. The van der Waals surface area contributed by atoms with Gasteiger partial charge < -0.3 is 19.5 Å². The van der Waals surface area contributed by atoms with Gasteiger partial charge in [0.15, 0.2) is 5.69 Å². The number of hydrogen-bond acceptors (Lipinski definition) is 4. The van der Waals surface area contributed by atoms with Gasteiger partial charge in [0.25, 0.3) is 5.91 Å². The molecule has 2 fully saturated rings. The minimum Gasteiger partial charge on any atom is -0.370 e. The van der Waals surface area contributed by atoms with Gasteiger partial charge in [-0.15, -0.1) is 0 Å². The summed E-state index contributed by atoms with van der Waals surface area (Å²) in [6, 6.07) is 14.2. The largest absolute Gasteiger partial charge is 0.370 e. The summed E-state index contributed by atoms with van der Waals surface area (Å²) in [7, 11) is 0. The normalized spacial score (nSPS) is 17.3. The molecule has 1 aromatic heterocycles. The number of aryl methyl sites for hydroxylation is 1. The lowest BCUT2D eigenvalue weighted by atomic mass is 10.1. The number of carbonyl (C=O) groups is 1. The maximum Gasteiger partial charge on any atom is 0.253 e. The number of morpholine rings is 1. The van der Waals surface area contributed by atoms with Gasteiger partial charge in [0, 0.05) is 55.8 Å². The molecule has 1 amide bonds. The van der Waals surface area contributed by atoms with E-state index in [4.69, 9.17) is 11.3 Å². The maximum absolute atomic E-state index is 12.0. The summed E-state index contributed by atoms with van der Waals surface area (Å²) < 4.78 is 5.23. The summed E-state index contributed by atoms with van der Waals surface area (Å²) >= 11 is 0. The van der Waals surface area contributed by atoms with E-state index in [1.807, 2.05) is 23.1 Å². The van der Waals surface area contributed by atoms with E-state index in [0.29, 0.717) is 18.8 Å². The van der Waals surface area contributed by atoms with E-state index in [9.17, 15) is 4.79 Å². The molecular formula is C27H31N5O2. The van der Waals surface area contributed by atoms with Gasteiger partial charge in [-0.25, -0.2) is 4.85 Å². The van der Waals surface area contributed by atoms with E-state index in [-0.39, 0.29) is 12.5 Å². The summed E-state index contributed by atoms with van der Waals surface area (Å²) in [5.74, 6) is 0.0328. The molecule has 0 unspecified atom stereocenters. The van der Waals surface area contributed by atoms with Crippen LogP contribution in [0, 0.1) is 6.57 Å². The molecule has 0 radical (unpaired) electrons. The number of H-pyrrole nitrogens is 1. The van der Waals surface area contributed by atoms with Crippen LogP contribution in [0.3, 0.4) is 0 Å². The zero-order valence-electron chi connectivity index (χ0n) is 19.5. The predicted octanol–water partition coefficient (Wildman–Crippen LogP) is 4.23. The Balaban J connectivity index is 1.06. The van der Waals surface area contributed by atoms with Crippen molar-refractivity contribution in [3.05, 3.63) is 65.6 Å². The molecule has 7 nitrogen and oxygen atoms in total. The highest BCUT2D eigenvalue weighted by atomic mass is 16.5. The minimum atomic E-state index is 0.0328. The molecule has 0 bridgehead atoms. The summed E-state index contributed by atoms with van der Waals surface area (Å²) in [6.45, 7) is 14.0. The zero-order chi connectivity index (χ0) is 23.3. The number of fused-ring (bicyclic) bond motifs is 1. The molecule has 34 heavy (non-hydrogen) atoms. The standard InChI is InChI=1S/C27H31N5O2/c1-28-22-5-10-26-25(18-22)21(19-29-26)4-2-3-11-30-12-14-31(15-13-30)23-6-8-24(9-7-23)32-16-17-34-20-27(32)33/h5-10,18-19,29H,2-4,11-17,20H2. The fraction of sp³-hybridized carbons (Fsp3) is 0.407. The van der Waals surface area contributed by atoms with Crippen LogP contribution < -0.4 is 9.80 Å². The predicted molar refractivity (Wildman–Crippen MR) is 136 cm³/mol. The van der Waals surface area contributed by atoms with Crippen LogP contribution in [0.15, 0.2) is 48.7 Å². The molecule has 2 aliphatic heterocycles. The monoisotopic (exact) mass is 457 g/mol. The van der Waals surface area contributed by atoms with Crippen LogP contribution in [0.1, 0.15) is 18.4 Å². The van der Waals surface area contributed by atoms with Gasteiger partial charge >= 0.3 is 0 Å². The van der Waals surface area contributed by atoms with E-state index in [1.165, 1.54) is 23.1 Å². The molecule has 5 rings (SSSR count). The van der Waals surface area contributed by atoms with Gasteiger partial charge in [0.1, 0.15) is 6.61 Å². The number of nitrogens with zero attached hydrogens (tertiary/aromatic N) is 4. The molecule has 176 valence electrons. The number of ether oxygens (including phenoxy) is 1. The third-order valence-corrected chi connectivity index (χ3v) is 6.94. The molecule has 3 aromatic rings. The first-order valence-electron chi connectivity index (χ1n) is 12.1. The van der Waals surface area contributed by atoms with Crippen LogP contribution in [0.25, 0.3) is 15.7 Å². The van der Waals surface area contributed by atoms with Crippen molar-refractivity contribution in [3.8, 4) is 0 Å². The molecular weight excluding hydrogens is 426 g/mol. The zero-order valence-corrected chi connectivity index (χ0v) is 19.5. The molecule has 2 saturated heterocycles. The first-order valence-corrected chi connectivity index (χ1v) is 12.1. The number of hydrogen-bond donors (Lipinski definition) is 1. The highest BCUT2D eigenvalue weighted by Crippen LogP contribution is 2.26. The van der Waals surface area contributed by atoms with Gasteiger partial charge in [-0.1, -0.05) is 6.07 Å². The highest BCUT2D eigenvalue weighted by molar-refractivity contribution is 5.95. The number of carbonyl (C=O) groups excluding carboxylic acids is 1. The molecule has 2 aromatic carbocycles. The number of anilines is 2. The number of amides is 1. The molecule has 0 atom stereocenters. The Hall–Kier alpha value is -3.34. The first-order chi connectivity index (χ1) is 16.7. The number of aromatic amines is 1. The van der Waals surface area contributed by atoms with Crippen molar-refractivity contribution in [1.29, 1.82) is 0 Å². The van der Waals surface area contributed by atoms with Crippen molar-refractivity contribution < 1.29 is 9.53 Å². The number of nitrogens with one attached hydrogen (secondary N) is 1. The Bertz CT molecular complexity index is 1170. The van der Waals surface area contributed by atoms with Gasteiger partial charge in [-0.05, 0) is 73.2 Å². The van der Waals surface area contributed by atoms with Crippen LogP contribution in [-0.4, -0.2) is 68.3 Å². The molecule has 0 aliphatic carbocycles. The lowest BCUT2D eigenvalue weighted by Crippen LogP contribution is -2.46. The van der Waals surface area contributed by atoms with Crippen molar-refractivity contribution >= 4 is 33.9 Å². The summed E-state index contributed by atoms with van der Waals surface area (Å²) in [5, 5.41) is 1.19. The SMILES string of the molecule is [C-]#[N+]c1ccc2[nH]cc(CCCCN3CCN(c4ccc(N5CCOCC5=O)cc4)CC3)c2c1. The molecule has 1 N–H and O–H groups in total. The number of unbranched alkanes of at least 4 members (excludes halogenated alkanes) is 1. The van der Waals surface area contributed by atoms with Gasteiger partial charge in [-0.2, -0.15) is 0 Å². The third-order valence-electron chi connectivity index (χ3n) is 6.94. The second kappa shape index (κ2) is 10.3. The number of rotatable bonds is 7. The third kappa shape index (κ3) is 4.93. The summed E-state index contributed by atoms with van der Waals surface area (Å²) in [6.07, 6.45) is 5.46. The van der Waals surface area contributed by atoms with Crippen molar-refractivity contribution in [2.75, 3.05) is 62.3 Å². The number of piperazine rings is 1. The van der Waals surface area contributed by atoms with E-state index < -0.39 is 0 Å². The second-order valence-corrected chi connectivity index (χ2v) is 9.06. The van der Waals surface area contributed by atoms with E-state index >= 15 is 0 Å². The smallest absolute Gasteiger partial charge is 0.253 e. The maximum atomic E-state index is 12.0. The van der Waals surface area contributed by atoms with Crippen molar-refractivity contribution in [1.82, 2.24) is 9.88 Å². The van der Waals surface area contributed by atoms with Crippen LogP contribution in [0.4, 0.5) is 17.1 Å². The Morgan fingerprint density at radius 2 is 1.76 bits per heavy atom. The number of aromatic nitrogens is 1. The fourth-order valence-electron chi connectivity index (χ4n) is 4.96. The lowest BCUT2D eigenvalue weighted by molar-refractivity contribution is -0.125. The van der Waals surface area contributed by atoms with Crippen molar-refractivity contribution in [3.63, 3.8) is 0 Å². The molecule has 7 heteroatoms. The lowest BCUT2D eigenvalue weighted by Gasteiger charge is -2.36. The van der Waals surface area contributed by atoms with E-state index in [1.54, 1.807) is 0 Å². The van der Waals surface area contributed by atoms with Gasteiger partial charge in [0.2, 0.25) is 0 Å². The molecule has 3 heterocycles. The highest BCUT2D eigenvalue weighted by Gasteiger charge is 2.21. The Morgan fingerprint density at radius 3 is 2.53 bits per heavy atom.